The maximum atomic E-state index is 15.0. The number of anilines is 3. The summed E-state index contributed by atoms with van der Waals surface area (Å²) < 4.78 is 102. The first-order chi connectivity index (χ1) is 68.7. The molecule has 6 N–H and O–H groups in total. The van der Waals surface area contributed by atoms with E-state index in [9.17, 15) is 68.2 Å². The zero-order valence-corrected chi connectivity index (χ0v) is 87.4. The standard InChI is InChI=1S/C38H45NO8.C31H33F2NO8.C25H25NO4.C11H19BrO3.C4H8O.2C2H6.3CH4/c1-8-32-22(4)23(5)36(44-25(7)42)38(46-32)47-33-18-17-30-35(28-14-12-11-13-26(28)21-43-24(6)41)29-16-15-27(39(9-2)10-3)19-34(29)45-37(30)31(33)20-40;1-3-34(4-2)17-9-10-19-22(13-17)40-28-20(31(19)18-8-6-5-7-16(18)15-39-31)11-12-21(24(28)29(32)33)41-30-27(38)26(37)25(36)23(14-35)42-30;1-3-26(4-2)17-9-10-19-23(13-17)30-25-20(11-12-22(29)21(25)15-28)24(19)18-8-6-5-7-16(18)14-27;1-5-9-6(2)7(3)10(11(12)15-9)14-8(4)13;1-3-4(2)5;2*1-2;;;/h11-20,22-23,32,35-36,38H,8-10,21H2,1-7H3;5-13,23,25-27,29-30,35-38H,3-4,14-15H2,1-2H3;5-13,15,24,27,29H,3-4,14H2,1-2H3;6-7,9-11H,5H2,1-4H3;3H2,1-2H3;2*1-2H3;3*1H4/t22-,23+,32-,35?,36-,38+;23-,25+,26+,27-,30-,31?;;6-,7+,9-,10-,11+;;;;;;/m11.1....../s1. The second kappa shape index (κ2) is 56.1. The quantitative estimate of drug-likeness (QED) is 0.0121. The lowest BCUT2D eigenvalue weighted by Crippen LogP contribution is -2.60. The Labute approximate surface area is 869 Å². The predicted octanol–water partition coefficient (Wildman–Crippen LogP) is 23.5. The summed E-state index contributed by atoms with van der Waals surface area (Å²) in [5.41, 5.74) is 11.2. The number of carbonyl (C=O) groups is 6. The molecule has 0 bridgehead atoms. The number of halogens is 3. The van der Waals surface area contributed by atoms with E-state index < -0.39 is 73.3 Å². The number of aliphatic hydroxyl groups is 5. The van der Waals surface area contributed by atoms with E-state index >= 15 is 0 Å². The maximum absolute atomic E-state index is 15.0. The summed E-state index contributed by atoms with van der Waals surface area (Å²) in [6, 6.07) is 51.0. The van der Waals surface area contributed by atoms with Gasteiger partial charge in [-0.3, -0.25) is 24.0 Å². The number of hydrogen-bond acceptors (Lipinski definition) is 27. The fourth-order valence-corrected chi connectivity index (χ4v) is 20.2. The number of phenols is 1. The summed E-state index contributed by atoms with van der Waals surface area (Å²) in [6.07, 6.45) is -9.00. The van der Waals surface area contributed by atoms with Crippen molar-refractivity contribution in [3.63, 3.8) is 0 Å². The van der Waals surface area contributed by atoms with E-state index in [1.807, 2.05) is 172 Å². The minimum atomic E-state index is -3.08. The number of aromatic hydroxyl groups is 1. The van der Waals surface area contributed by atoms with Crippen molar-refractivity contribution in [3.8, 4) is 51.7 Å². The van der Waals surface area contributed by atoms with Gasteiger partial charge < -0.3 is 107 Å². The van der Waals surface area contributed by atoms with Gasteiger partial charge in [0.2, 0.25) is 12.6 Å². The Kier molecular flexibility index (Phi) is 46.7. The molecule has 16 rings (SSSR count). The van der Waals surface area contributed by atoms with E-state index in [4.69, 9.17) is 56.8 Å². The SMILES string of the molecule is C.C.C.CC.CC.CCC(C)=O.CCN(CC)c1ccc2c(c1)Oc1c(ccc(O)c1C=O)C2c1ccccc1CO.CCN(CC)c1ccc2c(c1)Oc1c(ccc(O[C@@H]3O[C@H](CO)[C@H](O)[C@H](O)[C@H]3O)c1C(F)F)C21OCc2ccccc21.CC[C@H]1O[C@@H](Oc2ccc3c(c2C=O)Oc2cc(N(CC)CC)ccc2C3c2ccccc2COC(C)=O)[C@H](OC(C)=O)[C@@H](C)[C@H]1C.CC[C@H]1O[C@H](Br)[C@H](OC(C)=O)[C@@H](C)[C@H]1C. The van der Waals surface area contributed by atoms with Gasteiger partial charge in [-0.2, -0.15) is 0 Å². The lowest BCUT2D eigenvalue weighted by molar-refractivity contribution is -0.277. The minimum absolute atomic E-state index is 0. The zero-order chi connectivity index (χ0) is 105. The Bertz CT molecular complexity index is 5790. The van der Waals surface area contributed by atoms with Gasteiger partial charge in [-0.15, -0.1) is 0 Å². The number of aldehydes is 2. The van der Waals surface area contributed by atoms with Crippen molar-refractivity contribution in [2.45, 2.75) is 297 Å². The molecule has 0 saturated carbocycles. The lowest BCUT2D eigenvalue weighted by atomic mass is 9.77. The highest BCUT2D eigenvalue weighted by Crippen LogP contribution is 2.61. The Balaban J connectivity index is 0.000000268. The van der Waals surface area contributed by atoms with Crippen LogP contribution in [0, 0.1) is 23.7 Å². The number of fused-ring (bicyclic) bond motifs is 10. The molecule has 1 spiro atoms. The minimum Gasteiger partial charge on any atom is -0.507 e. The summed E-state index contributed by atoms with van der Waals surface area (Å²) in [5, 5.41) is 60.4. The van der Waals surface area contributed by atoms with E-state index in [2.05, 4.69) is 110 Å². The average Bonchev–Trinajstić information content (AvgIpc) is 1.49. The lowest BCUT2D eigenvalue weighted by Gasteiger charge is -2.43. The van der Waals surface area contributed by atoms with Gasteiger partial charge in [0.05, 0.1) is 43.2 Å². The van der Waals surface area contributed by atoms with E-state index in [0.29, 0.717) is 64.4 Å². The van der Waals surface area contributed by atoms with Crippen LogP contribution in [-0.2, 0) is 77.8 Å². The van der Waals surface area contributed by atoms with Crippen LogP contribution in [0.25, 0.3) is 0 Å². The van der Waals surface area contributed by atoms with Crippen molar-refractivity contribution in [1.82, 2.24) is 0 Å². The van der Waals surface area contributed by atoms with Crippen LogP contribution in [0.5, 0.6) is 51.7 Å². The molecule has 798 valence electrons. The number of hydrogen-bond donors (Lipinski definition) is 6. The Hall–Kier alpha value is -11.4. The third-order valence-electron chi connectivity index (χ3n) is 27.4. The topological polar surface area (TPSA) is 344 Å². The van der Waals surface area contributed by atoms with Gasteiger partial charge >= 0.3 is 17.9 Å². The summed E-state index contributed by atoms with van der Waals surface area (Å²) >= 11 is 3.43. The molecule has 18 atom stereocenters. The van der Waals surface area contributed by atoms with Gasteiger partial charge in [0, 0.05) is 159 Å². The first-order valence-electron chi connectivity index (χ1n) is 49.9. The molecule has 30 heteroatoms. The predicted molar refractivity (Wildman–Crippen MR) is 568 cm³/mol. The number of rotatable bonds is 27. The van der Waals surface area contributed by atoms with E-state index in [-0.39, 0.29) is 141 Å². The number of carbonyl (C=O) groups excluding carboxylic acids is 6. The number of phenolic OH excluding ortho intramolecular Hbond substituents is 1. The molecule has 146 heavy (non-hydrogen) atoms. The molecule has 0 aliphatic carbocycles. The molecule has 7 aliphatic rings. The normalized spacial score (nSPS) is 23.0. The van der Waals surface area contributed by atoms with E-state index in [1.54, 1.807) is 25.1 Å². The molecule has 0 aromatic heterocycles. The van der Waals surface area contributed by atoms with Gasteiger partial charge in [-0.05, 0) is 155 Å². The molecule has 0 amide bonds. The number of benzene rings is 9. The molecule has 3 saturated heterocycles. The molecule has 3 unspecified atom stereocenters. The second-order valence-electron chi connectivity index (χ2n) is 35.4. The fourth-order valence-electron chi connectivity index (χ4n) is 19.4. The van der Waals surface area contributed by atoms with Crippen LogP contribution in [0.4, 0.5) is 25.8 Å². The number of aliphatic hydroxyl groups excluding tert-OH is 5. The molecule has 9 aromatic rings. The van der Waals surface area contributed by atoms with Crippen LogP contribution in [0.15, 0.2) is 164 Å². The van der Waals surface area contributed by atoms with Crippen LogP contribution in [-0.4, -0.2) is 179 Å². The molecule has 7 heterocycles. The van der Waals surface area contributed by atoms with Crippen molar-refractivity contribution < 1.29 is 125 Å². The molecule has 7 aliphatic heterocycles. The van der Waals surface area contributed by atoms with Gasteiger partial charge in [0.25, 0.3) is 6.43 Å². The number of esters is 3. The third-order valence-corrected chi connectivity index (χ3v) is 28.1. The van der Waals surface area contributed by atoms with Gasteiger partial charge in [-0.1, -0.05) is 211 Å². The van der Waals surface area contributed by atoms with Gasteiger partial charge in [0.15, 0.2) is 24.3 Å². The third kappa shape index (κ3) is 26.5. The van der Waals surface area contributed by atoms with E-state index in [1.165, 1.54) is 32.9 Å². The molecular weight excluding hydrogens is 1940 g/mol. The largest absolute Gasteiger partial charge is 0.507 e. The maximum Gasteiger partial charge on any atom is 0.303 e. The summed E-state index contributed by atoms with van der Waals surface area (Å²) in [5.74, 6) is 1.51. The Morgan fingerprint density at radius 1 is 0.473 bits per heavy atom. The highest BCUT2D eigenvalue weighted by molar-refractivity contribution is 9.09. The number of ether oxygens (including phenoxy) is 12. The van der Waals surface area contributed by atoms with Crippen molar-refractivity contribution in [2.24, 2.45) is 23.7 Å². The Morgan fingerprint density at radius 3 is 1.41 bits per heavy atom. The number of Topliss-reactive ketones (excluding diaryl/α,β-unsaturated/α-hetero) is 1. The van der Waals surface area contributed by atoms with Crippen LogP contribution in [0.1, 0.15) is 298 Å². The fraction of sp³-hybridized carbons (Fsp3) is 0.483. The van der Waals surface area contributed by atoms with Crippen molar-refractivity contribution >= 4 is 69.3 Å². The molecule has 3 fully saturated rings. The van der Waals surface area contributed by atoms with Crippen molar-refractivity contribution in [2.75, 3.05) is 60.6 Å². The summed E-state index contributed by atoms with van der Waals surface area (Å²) in [7, 11) is 0. The smallest absolute Gasteiger partial charge is 0.303 e. The summed E-state index contributed by atoms with van der Waals surface area (Å²) in [6.45, 7) is 45.0. The monoisotopic (exact) mass is 2090 g/mol. The average molecular weight is 2090 g/mol. The number of ketones is 1. The van der Waals surface area contributed by atoms with E-state index in [0.717, 1.165) is 131 Å². The number of alkyl halides is 3. The van der Waals surface area contributed by atoms with Gasteiger partial charge in [0.1, 0.15) is 105 Å². The van der Waals surface area contributed by atoms with Gasteiger partial charge in [-0.25, -0.2) is 8.78 Å². The molecule has 0 radical (unpaired) electrons. The molecule has 9 aromatic carbocycles. The highest BCUT2D eigenvalue weighted by Gasteiger charge is 2.53. The summed E-state index contributed by atoms with van der Waals surface area (Å²) in [4.78, 5) is 75.9. The molecule has 27 nitrogen and oxygen atoms in total. The first kappa shape index (κ1) is 122. The zero-order valence-electron chi connectivity index (χ0n) is 85.8. The Morgan fingerprint density at radius 2 is 0.911 bits per heavy atom. The highest BCUT2D eigenvalue weighted by atomic mass is 79.9. The van der Waals surface area contributed by atoms with Crippen LogP contribution >= 0.6 is 15.9 Å². The van der Waals surface area contributed by atoms with Crippen molar-refractivity contribution in [1.29, 1.82) is 0 Å². The second-order valence-corrected chi connectivity index (χ2v) is 36.3. The van der Waals surface area contributed by atoms with Crippen LogP contribution in [0.2, 0.25) is 0 Å². The number of nitrogens with zero attached hydrogens (tertiary/aromatic N) is 3. The first-order valence-corrected chi connectivity index (χ1v) is 50.8. The van der Waals surface area contributed by atoms with Crippen molar-refractivity contribution in [3.05, 3.63) is 247 Å². The molecular formula is C116H154BrF2N3O24. The van der Waals surface area contributed by atoms with Crippen LogP contribution < -0.4 is 38.4 Å². The van der Waals surface area contributed by atoms with Crippen LogP contribution in [0.3, 0.4) is 0 Å².